The summed E-state index contributed by atoms with van der Waals surface area (Å²) < 4.78 is 39.8. The Hall–Kier alpha value is -4.30. The Labute approximate surface area is 307 Å². The highest BCUT2D eigenvalue weighted by atomic mass is 28.4. The van der Waals surface area contributed by atoms with Gasteiger partial charge in [-0.25, -0.2) is 23.8 Å². The number of halogens is 1. The molecule has 0 unspecified atom stereocenters. The van der Waals surface area contributed by atoms with E-state index in [1.165, 1.54) is 23.5 Å². The summed E-state index contributed by atoms with van der Waals surface area (Å²) in [5.74, 6) is -0.610. The number of anilines is 3. The van der Waals surface area contributed by atoms with Crippen molar-refractivity contribution in [3.05, 3.63) is 42.1 Å². The van der Waals surface area contributed by atoms with Crippen LogP contribution in [-0.4, -0.2) is 66.5 Å². The lowest BCUT2D eigenvalue weighted by molar-refractivity contribution is -0.0911. The van der Waals surface area contributed by atoms with Gasteiger partial charge in [0.2, 0.25) is 0 Å². The van der Waals surface area contributed by atoms with Crippen molar-refractivity contribution in [2.24, 2.45) is 0 Å². The summed E-state index contributed by atoms with van der Waals surface area (Å²) in [5.41, 5.74) is -0.750. The minimum absolute atomic E-state index is 0.0561. The molecule has 0 saturated heterocycles. The maximum Gasteiger partial charge on any atom is 0.414 e. The van der Waals surface area contributed by atoms with E-state index in [1.54, 1.807) is 67.6 Å². The van der Waals surface area contributed by atoms with Crippen molar-refractivity contribution in [2.45, 2.75) is 130 Å². The quantitative estimate of drug-likeness (QED) is 0.179. The number of hydrogen-bond acceptors (Lipinski definition) is 9. The molecule has 0 aliphatic heterocycles. The largest absolute Gasteiger partial charge is 0.446 e. The highest BCUT2D eigenvalue weighted by Crippen LogP contribution is 2.46. The molecule has 0 spiro atoms. The molecule has 1 aliphatic rings. The number of carbonyl (C=O) groups is 3. The van der Waals surface area contributed by atoms with Crippen molar-refractivity contribution in [3.63, 3.8) is 0 Å². The van der Waals surface area contributed by atoms with E-state index in [0.29, 0.717) is 35.0 Å². The second-order valence-electron chi connectivity index (χ2n) is 17.3. The third kappa shape index (κ3) is 9.56. The Kier molecular flexibility index (Phi) is 11.1. The molecule has 1 saturated carbocycles. The van der Waals surface area contributed by atoms with Gasteiger partial charge in [-0.15, -0.1) is 0 Å². The van der Waals surface area contributed by atoms with E-state index >= 15 is 4.39 Å². The molecule has 2 aromatic heterocycles. The first-order valence-electron chi connectivity index (χ1n) is 17.4. The molecular formula is C38H54FN5O7Si. The van der Waals surface area contributed by atoms with Gasteiger partial charge < -0.3 is 18.6 Å². The molecule has 1 aromatic carbocycles. The van der Waals surface area contributed by atoms with Crippen molar-refractivity contribution in [3.8, 4) is 11.1 Å². The van der Waals surface area contributed by atoms with Crippen molar-refractivity contribution >= 4 is 54.6 Å². The molecule has 284 valence electrons. The molecule has 1 fully saturated rings. The van der Waals surface area contributed by atoms with Crippen LogP contribution >= 0.6 is 0 Å². The van der Waals surface area contributed by atoms with E-state index in [2.05, 4.69) is 61.4 Å². The zero-order valence-electron chi connectivity index (χ0n) is 33.0. The molecule has 3 amide bonds. The Bertz CT molecular complexity index is 1860. The van der Waals surface area contributed by atoms with Gasteiger partial charge in [-0.05, 0) is 96.6 Å². The van der Waals surface area contributed by atoms with Gasteiger partial charge in [0, 0.05) is 48.8 Å². The SMILES string of the molecule is Cc1c(-c2cc3cc(NC(=O)OC4CC(C)(O[Si](C)(C)C(C)(C)C)C4)ncc3c(NC(=O)OC(C)(C)C)c2F)cncc1N(C)C(=O)OC(C)(C)C. The Morgan fingerprint density at radius 1 is 0.904 bits per heavy atom. The molecule has 4 rings (SSSR count). The average Bonchev–Trinajstić information content (AvgIpc) is 2.95. The second-order valence-corrected chi connectivity index (χ2v) is 22.0. The predicted octanol–water partition coefficient (Wildman–Crippen LogP) is 9.95. The maximum absolute atomic E-state index is 16.6. The maximum atomic E-state index is 16.6. The molecule has 12 nitrogen and oxygen atoms in total. The summed E-state index contributed by atoms with van der Waals surface area (Å²) in [5, 5.41) is 6.00. The fourth-order valence-electron chi connectivity index (χ4n) is 5.74. The lowest BCUT2D eigenvalue weighted by Gasteiger charge is -2.51. The van der Waals surface area contributed by atoms with Crippen LogP contribution < -0.4 is 15.5 Å². The number of pyridine rings is 2. The molecule has 0 bridgehead atoms. The van der Waals surface area contributed by atoms with Crippen LogP contribution in [0.1, 0.15) is 87.6 Å². The van der Waals surface area contributed by atoms with Crippen LogP contribution in [-0.2, 0) is 18.6 Å². The Morgan fingerprint density at radius 3 is 2.10 bits per heavy atom. The molecule has 3 aromatic rings. The standard InChI is InChI=1S/C38H54FN5O7Si/c1-22-26(19-40-21-28(22)44(12)34(47)50-36(5,6)7)25-15-23-16-29(41-20-27(23)31(30(25)39)43-33(46)49-35(2,3)4)42-32(45)48-24-17-38(11,18-24)51-52(13,14)37(8,9)10/h15-16,19-21,24H,17-18H2,1-14H3,(H,43,46)(H,41,42,45). The van der Waals surface area contributed by atoms with Crippen molar-refractivity contribution in [1.82, 2.24) is 9.97 Å². The fraction of sp³-hybridized carbons (Fsp3) is 0.553. The van der Waals surface area contributed by atoms with E-state index in [9.17, 15) is 14.4 Å². The topological polar surface area (TPSA) is 141 Å². The third-order valence-electron chi connectivity index (χ3n) is 9.23. The molecule has 14 heteroatoms. The molecule has 1 aliphatic carbocycles. The van der Waals surface area contributed by atoms with E-state index in [1.807, 2.05) is 0 Å². The zero-order valence-corrected chi connectivity index (χ0v) is 34.0. The molecule has 0 atom stereocenters. The number of hydrogen-bond donors (Lipinski definition) is 2. The highest BCUT2D eigenvalue weighted by Gasteiger charge is 2.50. The highest BCUT2D eigenvalue weighted by molar-refractivity contribution is 6.74. The van der Waals surface area contributed by atoms with Crippen LogP contribution in [0, 0.1) is 12.7 Å². The van der Waals surface area contributed by atoms with Crippen LogP contribution in [0.15, 0.2) is 30.7 Å². The van der Waals surface area contributed by atoms with Gasteiger partial charge in [0.25, 0.3) is 0 Å². The van der Waals surface area contributed by atoms with Crippen LogP contribution in [0.4, 0.5) is 36.0 Å². The van der Waals surface area contributed by atoms with Crippen molar-refractivity contribution in [1.29, 1.82) is 0 Å². The fourth-order valence-corrected chi connectivity index (χ4v) is 7.45. The Morgan fingerprint density at radius 2 is 1.52 bits per heavy atom. The normalized spacial score (nSPS) is 17.9. The average molecular weight is 740 g/mol. The summed E-state index contributed by atoms with van der Waals surface area (Å²) in [6.45, 7) is 25.1. The lowest BCUT2D eigenvalue weighted by atomic mass is 9.79. The number of fused-ring (bicyclic) bond motifs is 1. The van der Waals surface area contributed by atoms with Gasteiger partial charge in [0.1, 0.15) is 23.1 Å². The monoisotopic (exact) mass is 739 g/mol. The van der Waals surface area contributed by atoms with Crippen molar-refractivity contribution in [2.75, 3.05) is 22.6 Å². The van der Waals surface area contributed by atoms with Crippen LogP contribution in [0.2, 0.25) is 18.1 Å². The number of rotatable bonds is 7. The molecular weight excluding hydrogens is 686 g/mol. The number of aromatic nitrogens is 2. The number of benzene rings is 1. The summed E-state index contributed by atoms with van der Waals surface area (Å²) in [6, 6.07) is 3.13. The summed E-state index contributed by atoms with van der Waals surface area (Å²) >= 11 is 0. The van der Waals surface area contributed by atoms with Gasteiger partial charge in [0.05, 0.1) is 23.2 Å². The minimum Gasteiger partial charge on any atom is -0.446 e. The zero-order chi connectivity index (χ0) is 39.2. The van der Waals surface area contributed by atoms with Crippen LogP contribution in [0.5, 0.6) is 0 Å². The summed E-state index contributed by atoms with van der Waals surface area (Å²) in [7, 11) is -0.463. The van der Waals surface area contributed by atoms with Gasteiger partial charge in [-0.3, -0.25) is 20.5 Å². The Balaban J connectivity index is 1.66. The number of ether oxygens (including phenoxy) is 3. The first kappa shape index (κ1) is 40.5. The third-order valence-corrected chi connectivity index (χ3v) is 13.8. The van der Waals surface area contributed by atoms with Crippen LogP contribution in [0.3, 0.4) is 0 Å². The van der Waals surface area contributed by atoms with Gasteiger partial charge in [-0.2, -0.15) is 0 Å². The first-order chi connectivity index (χ1) is 23.7. The number of amides is 3. The number of carbonyl (C=O) groups excluding carboxylic acids is 3. The molecule has 2 heterocycles. The molecule has 2 N–H and O–H groups in total. The van der Waals surface area contributed by atoms with Gasteiger partial charge in [0.15, 0.2) is 14.1 Å². The minimum atomic E-state index is -2.01. The second kappa shape index (κ2) is 14.3. The van der Waals surface area contributed by atoms with Gasteiger partial charge >= 0.3 is 18.3 Å². The number of nitrogens with zero attached hydrogens (tertiary/aromatic N) is 3. The number of nitrogens with one attached hydrogen (secondary N) is 2. The summed E-state index contributed by atoms with van der Waals surface area (Å²) in [6.07, 6.45) is 3.01. The van der Waals surface area contributed by atoms with Crippen molar-refractivity contribution < 1.29 is 37.4 Å². The smallest absolute Gasteiger partial charge is 0.414 e. The van der Waals surface area contributed by atoms with E-state index in [-0.39, 0.29) is 39.2 Å². The first-order valence-corrected chi connectivity index (χ1v) is 20.3. The molecule has 0 radical (unpaired) electrons. The van der Waals surface area contributed by atoms with Gasteiger partial charge in [-0.1, -0.05) is 20.8 Å². The summed E-state index contributed by atoms with van der Waals surface area (Å²) in [4.78, 5) is 48.8. The predicted molar refractivity (Wildman–Crippen MR) is 204 cm³/mol. The van der Waals surface area contributed by atoms with E-state index in [0.717, 1.165) is 0 Å². The molecule has 52 heavy (non-hydrogen) atoms. The van der Waals surface area contributed by atoms with E-state index in [4.69, 9.17) is 18.6 Å². The van der Waals surface area contributed by atoms with Crippen LogP contribution in [0.25, 0.3) is 21.9 Å². The van der Waals surface area contributed by atoms with E-state index < -0.39 is 43.6 Å². The lowest BCUT2D eigenvalue weighted by Crippen LogP contribution is -2.56.